The van der Waals surface area contributed by atoms with Crippen LogP contribution in [0.15, 0.2) is 18.2 Å². The third kappa shape index (κ3) is 4.59. The Morgan fingerprint density at radius 3 is 2.68 bits per heavy atom. The number of anilines is 1. The molecule has 0 bridgehead atoms. The van der Waals surface area contributed by atoms with Gasteiger partial charge in [-0.2, -0.15) is 0 Å². The fourth-order valence-electron chi connectivity index (χ4n) is 1.51. The van der Waals surface area contributed by atoms with Gasteiger partial charge in [-0.1, -0.05) is 0 Å². The molecule has 1 aromatic carbocycles. The first-order valence-corrected chi connectivity index (χ1v) is 5.90. The fraction of sp³-hybridized carbons (Fsp3) is 0.385. The Balaban J connectivity index is 2.85. The van der Waals surface area contributed by atoms with Gasteiger partial charge in [0.25, 0.3) is 0 Å². The van der Waals surface area contributed by atoms with E-state index in [-0.39, 0.29) is 29.6 Å². The van der Waals surface area contributed by atoms with Crippen molar-refractivity contribution in [2.75, 3.05) is 12.4 Å². The molecule has 1 aromatic rings. The molecule has 0 fully saturated rings. The molecular formula is C13H18N2O4. The van der Waals surface area contributed by atoms with Crippen molar-refractivity contribution in [1.29, 1.82) is 0 Å². The van der Waals surface area contributed by atoms with Crippen molar-refractivity contribution in [3.63, 3.8) is 0 Å². The maximum absolute atomic E-state index is 11.7. The van der Waals surface area contributed by atoms with Gasteiger partial charge in [0.1, 0.15) is 5.75 Å². The van der Waals surface area contributed by atoms with Gasteiger partial charge >= 0.3 is 5.97 Å². The number of aromatic carboxylic acids is 1. The molecule has 0 heterocycles. The quantitative estimate of drug-likeness (QED) is 0.723. The zero-order chi connectivity index (χ0) is 14.4. The van der Waals surface area contributed by atoms with Crippen LogP contribution >= 0.6 is 0 Å². The Bertz CT molecular complexity index is 472. The Hall–Kier alpha value is -2.08. The minimum absolute atomic E-state index is 0.0231. The number of hydrogen-bond donors (Lipinski definition) is 3. The predicted octanol–water partition coefficient (Wildman–Crippen LogP) is 1.46. The van der Waals surface area contributed by atoms with Crippen molar-refractivity contribution in [1.82, 2.24) is 0 Å². The van der Waals surface area contributed by atoms with E-state index in [4.69, 9.17) is 15.6 Å². The molecule has 1 amide bonds. The second kappa shape index (κ2) is 6.75. The molecule has 1 unspecified atom stereocenters. The summed E-state index contributed by atoms with van der Waals surface area (Å²) in [5.74, 6) is -0.898. The van der Waals surface area contributed by atoms with Crippen LogP contribution in [0, 0.1) is 0 Å². The van der Waals surface area contributed by atoms with Crippen molar-refractivity contribution >= 4 is 17.6 Å². The topological polar surface area (TPSA) is 102 Å². The highest BCUT2D eigenvalue weighted by Crippen LogP contribution is 2.22. The van der Waals surface area contributed by atoms with Gasteiger partial charge in [-0.25, -0.2) is 4.79 Å². The zero-order valence-electron chi connectivity index (χ0n) is 11.0. The molecule has 6 nitrogen and oxygen atoms in total. The third-order valence-electron chi connectivity index (χ3n) is 2.56. The zero-order valence-corrected chi connectivity index (χ0v) is 11.0. The number of rotatable bonds is 6. The molecule has 0 aliphatic carbocycles. The van der Waals surface area contributed by atoms with E-state index in [2.05, 4.69) is 5.32 Å². The Morgan fingerprint density at radius 1 is 1.47 bits per heavy atom. The average Bonchev–Trinajstić information content (AvgIpc) is 2.35. The van der Waals surface area contributed by atoms with E-state index in [1.807, 2.05) is 6.92 Å². The lowest BCUT2D eigenvalue weighted by Crippen LogP contribution is -2.20. The number of ether oxygens (including phenoxy) is 1. The lowest BCUT2D eigenvalue weighted by Gasteiger charge is -2.11. The number of carbonyl (C=O) groups is 2. The van der Waals surface area contributed by atoms with Crippen LogP contribution in [0.1, 0.15) is 30.1 Å². The van der Waals surface area contributed by atoms with Gasteiger partial charge in [-0.05, 0) is 25.5 Å². The summed E-state index contributed by atoms with van der Waals surface area (Å²) in [5.41, 5.74) is 5.81. The molecule has 19 heavy (non-hydrogen) atoms. The van der Waals surface area contributed by atoms with Crippen LogP contribution in [0.3, 0.4) is 0 Å². The van der Waals surface area contributed by atoms with E-state index < -0.39 is 5.97 Å². The highest BCUT2D eigenvalue weighted by molar-refractivity contribution is 6.00. The van der Waals surface area contributed by atoms with Crippen LogP contribution in [0.5, 0.6) is 5.75 Å². The van der Waals surface area contributed by atoms with Crippen molar-refractivity contribution in [3.8, 4) is 5.75 Å². The number of hydrogen-bond acceptors (Lipinski definition) is 4. The number of carbonyl (C=O) groups excluding carboxylic acids is 1. The second-order valence-corrected chi connectivity index (χ2v) is 4.28. The molecule has 6 heteroatoms. The van der Waals surface area contributed by atoms with Gasteiger partial charge < -0.3 is 20.9 Å². The number of carboxylic acids is 1. The van der Waals surface area contributed by atoms with Crippen LogP contribution in [0.2, 0.25) is 0 Å². The number of benzene rings is 1. The summed E-state index contributed by atoms with van der Waals surface area (Å²) in [7, 11) is 1.47. The summed E-state index contributed by atoms with van der Waals surface area (Å²) in [6, 6.07) is 4.33. The Labute approximate surface area is 111 Å². The van der Waals surface area contributed by atoms with E-state index >= 15 is 0 Å². The molecule has 104 valence electrons. The normalized spacial score (nSPS) is 11.7. The minimum atomic E-state index is -1.11. The van der Waals surface area contributed by atoms with Gasteiger partial charge in [0.2, 0.25) is 5.91 Å². The first-order valence-electron chi connectivity index (χ1n) is 5.90. The van der Waals surface area contributed by atoms with E-state index in [0.29, 0.717) is 12.2 Å². The van der Waals surface area contributed by atoms with Gasteiger partial charge in [-0.15, -0.1) is 0 Å². The molecule has 4 N–H and O–H groups in total. The largest absolute Gasteiger partial charge is 0.497 e. The van der Waals surface area contributed by atoms with Crippen molar-refractivity contribution in [3.05, 3.63) is 23.8 Å². The monoisotopic (exact) mass is 266 g/mol. The summed E-state index contributed by atoms with van der Waals surface area (Å²) in [6.07, 6.45) is 0.784. The Kier molecular flexibility index (Phi) is 5.32. The molecule has 0 saturated carbocycles. The molecule has 0 aliphatic heterocycles. The summed E-state index contributed by atoms with van der Waals surface area (Å²) >= 11 is 0. The maximum Gasteiger partial charge on any atom is 0.337 e. The first-order chi connectivity index (χ1) is 8.93. The van der Waals surface area contributed by atoms with Crippen molar-refractivity contribution in [2.24, 2.45) is 5.73 Å². The molecule has 0 radical (unpaired) electrons. The van der Waals surface area contributed by atoms with Crippen LogP contribution in [0.25, 0.3) is 0 Å². The molecule has 1 atom stereocenters. The van der Waals surface area contributed by atoms with Crippen LogP contribution in [0.4, 0.5) is 5.69 Å². The first kappa shape index (κ1) is 15.0. The highest BCUT2D eigenvalue weighted by Gasteiger charge is 2.13. The van der Waals surface area contributed by atoms with Gasteiger partial charge in [-0.3, -0.25) is 4.79 Å². The molecular weight excluding hydrogens is 248 g/mol. The predicted molar refractivity (Wildman–Crippen MR) is 71.5 cm³/mol. The third-order valence-corrected chi connectivity index (χ3v) is 2.56. The van der Waals surface area contributed by atoms with Crippen molar-refractivity contribution < 1.29 is 19.4 Å². The van der Waals surface area contributed by atoms with E-state index in [0.717, 1.165) is 0 Å². The van der Waals surface area contributed by atoms with Gasteiger partial charge in [0.15, 0.2) is 0 Å². The molecule has 1 rings (SSSR count). The highest BCUT2D eigenvalue weighted by atomic mass is 16.5. The number of carboxylic acid groups (broad SMARTS) is 1. The number of nitrogens with two attached hydrogens (primary N) is 1. The lowest BCUT2D eigenvalue weighted by atomic mass is 10.1. The fourth-order valence-corrected chi connectivity index (χ4v) is 1.51. The summed E-state index contributed by atoms with van der Waals surface area (Å²) in [4.78, 5) is 22.7. The summed E-state index contributed by atoms with van der Waals surface area (Å²) in [6.45, 7) is 1.81. The number of methoxy groups -OCH3 is 1. The van der Waals surface area contributed by atoms with Crippen LogP contribution < -0.4 is 15.8 Å². The van der Waals surface area contributed by atoms with E-state index in [1.165, 1.54) is 25.3 Å². The van der Waals surface area contributed by atoms with Crippen LogP contribution in [-0.4, -0.2) is 30.1 Å². The van der Waals surface area contributed by atoms with Gasteiger partial charge in [0.05, 0.1) is 18.4 Å². The minimum Gasteiger partial charge on any atom is -0.497 e. The average molecular weight is 266 g/mol. The number of nitrogens with one attached hydrogen (secondary N) is 1. The van der Waals surface area contributed by atoms with E-state index in [9.17, 15) is 9.59 Å². The molecule has 0 aliphatic rings. The van der Waals surface area contributed by atoms with Crippen LogP contribution in [-0.2, 0) is 4.79 Å². The number of amides is 1. The SMILES string of the molecule is COc1ccc(C(=O)O)c(NC(=O)CCC(C)N)c1. The summed E-state index contributed by atoms with van der Waals surface area (Å²) < 4.78 is 5.01. The smallest absolute Gasteiger partial charge is 0.337 e. The lowest BCUT2D eigenvalue weighted by molar-refractivity contribution is -0.116. The second-order valence-electron chi connectivity index (χ2n) is 4.28. The molecule has 0 aromatic heterocycles. The standard InChI is InChI=1S/C13H18N2O4/c1-8(14)3-6-12(16)15-11-7-9(19-2)4-5-10(11)13(17)18/h4-5,7-8H,3,6,14H2,1-2H3,(H,15,16)(H,17,18). The molecule has 0 saturated heterocycles. The maximum atomic E-state index is 11.7. The van der Waals surface area contributed by atoms with Gasteiger partial charge in [0, 0.05) is 18.5 Å². The van der Waals surface area contributed by atoms with Crippen molar-refractivity contribution in [2.45, 2.75) is 25.8 Å². The summed E-state index contributed by atoms with van der Waals surface area (Å²) in [5, 5.41) is 11.6. The van der Waals surface area contributed by atoms with E-state index in [1.54, 1.807) is 0 Å². The Morgan fingerprint density at radius 2 is 2.16 bits per heavy atom. The molecule has 0 spiro atoms.